The summed E-state index contributed by atoms with van der Waals surface area (Å²) in [5.41, 5.74) is 1.20. The Labute approximate surface area is 102 Å². The molecule has 0 amide bonds. The molecule has 0 atom stereocenters. The zero-order valence-corrected chi connectivity index (χ0v) is 9.30. The van der Waals surface area contributed by atoms with Crippen LogP contribution in [0.3, 0.4) is 0 Å². The second kappa shape index (κ2) is 4.52. The van der Waals surface area contributed by atoms with Crippen molar-refractivity contribution in [2.45, 2.75) is 0 Å². The topological polar surface area (TPSA) is 23.8 Å². The Morgan fingerprint density at radius 3 is 2.06 bits per heavy atom. The molecule has 4 heteroatoms. The van der Waals surface area contributed by atoms with Crippen LogP contribution in [0.15, 0.2) is 36.4 Å². The van der Waals surface area contributed by atoms with Gasteiger partial charge in [0.15, 0.2) is 0 Å². The van der Waals surface area contributed by atoms with E-state index in [2.05, 4.69) is 0 Å². The van der Waals surface area contributed by atoms with Crippen molar-refractivity contribution in [3.63, 3.8) is 0 Å². The Morgan fingerprint density at radius 2 is 1.47 bits per heavy atom. The second-order valence-electron chi connectivity index (χ2n) is 3.50. The van der Waals surface area contributed by atoms with E-state index in [1.807, 2.05) is 6.07 Å². The molecule has 0 fully saturated rings. The van der Waals surface area contributed by atoms with Crippen molar-refractivity contribution >= 4 is 11.6 Å². The van der Waals surface area contributed by atoms with Crippen molar-refractivity contribution in [1.29, 1.82) is 5.26 Å². The summed E-state index contributed by atoms with van der Waals surface area (Å²) in [5, 5.41) is 9.14. The van der Waals surface area contributed by atoms with Gasteiger partial charge in [-0.2, -0.15) is 5.26 Å². The standard InChI is InChI=1S/C13H6ClF2N/c14-11-2-8(7-17)1-9(3-11)10-4-12(15)6-13(16)5-10/h1-6H. The SMILES string of the molecule is N#Cc1cc(Cl)cc(-c2cc(F)cc(F)c2)c1. The molecule has 0 bridgehead atoms. The number of hydrogen-bond donors (Lipinski definition) is 0. The van der Waals surface area contributed by atoms with Crippen LogP contribution in [0.5, 0.6) is 0 Å². The van der Waals surface area contributed by atoms with E-state index in [0.717, 1.165) is 6.07 Å². The lowest BCUT2D eigenvalue weighted by atomic mass is 10.0. The van der Waals surface area contributed by atoms with E-state index in [1.165, 1.54) is 24.3 Å². The molecule has 17 heavy (non-hydrogen) atoms. The van der Waals surface area contributed by atoms with Gasteiger partial charge in [-0.1, -0.05) is 11.6 Å². The smallest absolute Gasteiger partial charge is 0.126 e. The first-order valence-electron chi connectivity index (χ1n) is 4.75. The summed E-state index contributed by atoms with van der Waals surface area (Å²) < 4.78 is 26.1. The van der Waals surface area contributed by atoms with Crippen LogP contribution in [0.1, 0.15) is 5.56 Å². The van der Waals surface area contributed by atoms with Crippen molar-refractivity contribution in [2.24, 2.45) is 0 Å². The molecule has 0 aliphatic rings. The number of halogens is 3. The molecule has 0 aromatic heterocycles. The fourth-order valence-corrected chi connectivity index (χ4v) is 1.78. The molecule has 0 unspecified atom stereocenters. The van der Waals surface area contributed by atoms with Gasteiger partial charge in [0, 0.05) is 11.1 Å². The van der Waals surface area contributed by atoms with Crippen molar-refractivity contribution < 1.29 is 8.78 Å². The van der Waals surface area contributed by atoms with E-state index in [9.17, 15) is 8.78 Å². The summed E-state index contributed by atoms with van der Waals surface area (Å²) in [6.45, 7) is 0. The normalized spacial score (nSPS) is 10.0. The molecule has 84 valence electrons. The molecule has 2 aromatic carbocycles. The number of nitriles is 1. The molecule has 0 aliphatic carbocycles. The predicted octanol–water partition coefficient (Wildman–Crippen LogP) is 4.16. The van der Waals surface area contributed by atoms with Gasteiger partial charge >= 0.3 is 0 Å². The van der Waals surface area contributed by atoms with Gasteiger partial charge in [0.2, 0.25) is 0 Å². The van der Waals surface area contributed by atoms with E-state index in [0.29, 0.717) is 21.7 Å². The molecule has 0 saturated heterocycles. The zero-order chi connectivity index (χ0) is 12.4. The van der Waals surface area contributed by atoms with Gasteiger partial charge < -0.3 is 0 Å². The van der Waals surface area contributed by atoms with Crippen LogP contribution in [-0.4, -0.2) is 0 Å². The number of rotatable bonds is 1. The molecule has 0 spiro atoms. The van der Waals surface area contributed by atoms with Gasteiger partial charge in [-0.15, -0.1) is 0 Å². The third kappa shape index (κ3) is 2.61. The highest BCUT2D eigenvalue weighted by Gasteiger charge is 2.05. The van der Waals surface area contributed by atoms with Crippen LogP contribution in [0.2, 0.25) is 5.02 Å². The van der Waals surface area contributed by atoms with Crippen LogP contribution in [0, 0.1) is 23.0 Å². The molecule has 2 rings (SSSR count). The summed E-state index contributed by atoms with van der Waals surface area (Å²) in [6.07, 6.45) is 0. The Kier molecular flexibility index (Phi) is 3.08. The Balaban J connectivity index is 2.60. The highest BCUT2D eigenvalue weighted by molar-refractivity contribution is 6.31. The van der Waals surface area contributed by atoms with Crippen molar-refractivity contribution in [2.75, 3.05) is 0 Å². The maximum Gasteiger partial charge on any atom is 0.126 e. The van der Waals surface area contributed by atoms with Gasteiger partial charge in [-0.25, -0.2) is 8.78 Å². The van der Waals surface area contributed by atoms with Gasteiger partial charge in [0.25, 0.3) is 0 Å². The Bertz CT molecular complexity index is 597. The highest BCUT2D eigenvalue weighted by atomic mass is 35.5. The fourth-order valence-electron chi connectivity index (χ4n) is 1.54. The number of benzene rings is 2. The minimum absolute atomic E-state index is 0.345. The monoisotopic (exact) mass is 249 g/mol. The number of nitrogens with zero attached hydrogens (tertiary/aromatic N) is 1. The molecule has 0 radical (unpaired) electrons. The van der Waals surface area contributed by atoms with E-state index in [-0.39, 0.29) is 0 Å². The van der Waals surface area contributed by atoms with Crippen molar-refractivity contribution in [1.82, 2.24) is 0 Å². The highest BCUT2D eigenvalue weighted by Crippen LogP contribution is 2.26. The van der Waals surface area contributed by atoms with Gasteiger partial charge in [0.1, 0.15) is 11.6 Å². The maximum atomic E-state index is 13.1. The molecular formula is C13H6ClF2N. The molecule has 1 nitrogen and oxygen atoms in total. The molecule has 0 heterocycles. The third-order valence-electron chi connectivity index (χ3n) is 2.22. The molecule has 0 saturated carbocycles. The third-order valence-corrected chi connectivity index (χ3v) is 2.44. The predicted molar refractivity (Wildman–Crippen MR) is 61.5 cm³/mol. The van der Waals surface area contributed by atoms with E-state index in [1.54, 1.807) is 6.07 Å². The molecule has 2 aromatic rings. The second-order valence-corrected chi connectivity index (χ2v) is 3.93. The Hall–Kier alpha value is -1.92. The largest absolute Gasteiger partial charge is 0.207 e. The van der Waals surface area contributed by atoms with Crippen LogP contribution >= 0.6 is 11.6 Å². The average Bonchev–Trinajstić information content (AvgIpc) is 2.26. The van der Waals surface area contributed by atoms with Gasteiger partial charge in [-0.05, 0) is 41.5 Å². The lowest BCUT2D eigenvalue weighted by Crippen LogP contribution is -1.85. The molecule has 0 aliphatic heterocycles. The summed E-state index contributed by atoms with van der Waals surface area (Å²) in [4.78, 5) is 0. The van der Waals surface area contributed by atoms with Crippen LogP contribution < -0.4 is 0 Å². The van der Waals surface area contributed by atoms with Gasteiger partial charge in [-0.3, -0.25) is 0 Å². The average molecular weight is 250 g/mol. The minimum Gasteiger partial charge on any atom is -0.207 e. The first-order chi connectivity index (χ1) is 8.08. The molecular weight excluding hydrogens is 244 g/mol. The molecule has 0 N–H and O–H groups in total. The van der Waals surface area contributed by atoms with Crippen LogP contribution in [0.4, 0.5) is 8.78 Å². The first-order valence-corrected chi connectivity index (χ1v) is 5.13. The quantitative estimate of drug-likeness (QED) is 0.745. The Morgan fingerprint density at radius 1 is 0.882 bits per heavy atom. The number of hydrogen-bond acceptors (Lipinski definition) is 1. The van der Waals surface area contributed by atoms with Crippen molar-refractivity contribution in [3.05, 3.63) is 58.6 Å². The van der Waals surface area contributed by atoms with Crippen LogP contribution in [0.25, 0.3) is 11.1 Å². The maximum absolute atomic E-state index is 13.1. The summed E-state index contributed by atoms with van der Waals surface area (Å²) >= 11 is 5.82. The van der Waals surface area contributed by atoms with Gasteiger partial charge in [0.05, 0.1) is 11.6 Å². The zero-order valence-electron chi connectivity index (χ0n) is 8.55. The summed E-state index contributed by atoms with van der Waals surface area (Å²) in [5.74, 6) is -1.34. The fraction of sp³-hybridized carbons (Fsp3) is 0. The summed E-state index contributed by atoms with van der Waals surface area (Å²) in [7, 11) is 0. The minimum atomic E-state index is -0.668. The lowest BCUT2D eigenvalue weighted by Gasteiger charge is -2.04. The lowest BCUT2D eigenvalue weighted by molar-refractivity contribution is 0.584. The van der Waals surface area contributed by atoms with E-state index in [4.69, 9.17) is 16.9 Å². The van der Waals surface area contributed by atoms with Crippen LogP contribution in [-0.2, 0) is 0 Å². The summed E-state index contributed by atoms with van der Waals surface area (Å²) in [6, 6.07) is 9.67. The first kappa shape index (κ1) is 11.6. The van der Waals surface area contributed by atoms with Crippen molar-refractivity contribution in [3.8, 4) is 17.2 Å². The van der Waals surface area contributed by atoms with E-state index < -0.39 is 11.6 Å². The van der Waals surface area contributed by atoms with E-state index >= 15 is 0 Å².